The zero-order valence-electron chi connectivity index (χ0n) is 16.9. The predicted octanol–water partition coefficient (Wildman–Crippen LogP) is 2.11. The van der Waals surface area contributed by atoms with Gasteiger partial charge in [0, 0.05) is 18.7 Å². The summed E-state index contributed by atoms with van der Waals surface area (Å²) < 4.78 is 39.3. The van der Waals surface area contributed by atoms with Crippen LogP contribution in [0.1, 0.15) is 27.4 Å². The van der Waals surface area contributed by atoms with Crippen LogP contribution in [0.4, 0.5) is 13.6 Å². The van der Waals surface area contributed by atoms with E-state index in [1.54, 1.807) is 6.07 Å². The van der Waals surface area contributed by atoms with Gasteiger partial charge in [-0.2, -0.15) is 0 Å². The number of carbonyl (C=O) groups excluding carboxylic acids is 3. The molecule has 4 amide bonds. The number of urea groups is 1. The van der Waals surface area contributed by atoms with Crippen LogP contribution in [0.3, 0.4) is 0 Å². The van der Waals surface area contributed by atoms with Crippen LogP contribution < -0.4 is 15.4 Å². The normalized spacial score (nSPS) is 20.0. The van der Waals surface area contributed by atoms with Gasteiger partial charge in [0.2, 0.25) is 0 Å². The third kappa shape index (κ3) is 2.74. The zero-order valence-corrected chi connectivity index (χ0v) is 16.9. The van der Waals surface area contributed by atoms with Gasteiger partial charge in [0.15, 0.2) is 22.7 Å². The lowest BCUT2D eigenvalue weighted by Gasteiger charge is -2.28. The Morgan fingerprint density at radius 3 is 2.72 bits per heavy atom. The maximum atomic E-state index is 14.7. The van der Waals surface area contributed by atoms with Crippen molar-refractivity contribution >= 4 is 28.9 Å². The van der Waals surface area contributed by atoms with Crippen molar-refractivity contribution in [2.24, 2.45) is 0 Å². The van der Waals surface area contributed by atoms with Gasteiger partial charge in [0.25, 0.3) is 11.8 Å². The molecule has 0 unspecified atom stereocenters. The van der Waals surface area contributed by atoms with E-state index in [9.17, 15) is 23.2 Å². The molecule has 1 aromatic carbocycles. The number of aromatic nitrogens is 1. The molecule has 0 radical (unpaired) electrons. The molecular weight excluding hydrogens is 426 g/mol. The summed E-state index contributed by atoms with van der Waals surface area (Å²) in [6, 6.07) is 4.72. The molecule has 164 valence electrons. The maximum Gasteiger partial charge on any atom is 0.322 e. The van der Waals surface area contributed by atoms with Gasteiger partial charge < -0.3 is 19.4 Å². The first kappa shape index (κ1) is 19.9. The first-order valence-corrected chi connectivity index (χ1v) is 9.59. The van der Waals surface area contributed by atoms with Gasteiger partial charge in [-0.3, -0.25) is 14.9 Å². The van der Waals surface area contributed by atoms with Crippen molar-refractivity contribution < 1.29 is 32.3 Å². The summed E-state index contributed by atoms with van der Waals surface area (Å²) in [6.45, 7) is 1.14. The van der Waals surface area contributed by atoms with Gasteiger partial charge in [-0.1, -0.05) is 6.07 Å². The molecular formula is C21H16F2N4O5. The summed E-state index contributed by atoms with van der Waals surface area (Å²) in [4.78, 5) is 43.2. The van der Waals surface area contributed by atoms with Crippen LogP contribution in [-0.2, 0) is 16.9 Å². The summed E-state index contributed by atoms with van der Waals surface area (Å²) in [5.41, 5.74) is -1.07. The van der Waals surface area contributed by atoms with E-state index >= 15 is 0 Å². The number of amides is 4. The molecule has 0 saturated carbocycles. The second-order valence-electron chi connectivity index (χ2n) is 7.64. The Balaban J connectivity index is 1.57. The third-order valence-corrected chi connectivity index (χ3v) is 5.70. The van der Waals surface area contributed by atoms with Gasteiger partial charge >= 0.3 is 6.03 Å². The Bertz CT molecular complexity index is 1300. The van der Waals surface area contributed by atoms with E-state index in [1.165, 1.54) is 31.1 Å². The van der Waals surface area contributed by atoms with E-state index in [4.69, 9.17) is 9.15 Å². The Labute approximate surface area is 179 Å². The SMILES string of the molecule is COc1ccc2c(c1F)C(=O)N(C[C@@]1(c3cc4nc(C)c(F)cc4o3)NC(=O)NC1=O)C2. The number of ether oxygens (including phenoxy) is 1. The topological polar surface area (TPSA) is 114 Å². The molecule has 1 atom stereocenters. The Kier molecular flexibility index (Phi) is 4.19. The van der Waals surface area contributed by atoms with Crippen LogP contribution in [0.25, 0.3) is 11.1 Å². The van der Waals surface area contributed by atoms with Crippen molar-refractivity contribution in [3.8, 4) is 5.75 Å². The predicted molar refractivity (Wildman–Crippen MR) is 105 cm³/mol. The van der Waals surface area contributed by atoms with Gasteiger partial charge in [0.1, 0.15) is 17.1 Å². The van der Waals surface area contributed by atoms with Crippen molar-refractivity contribution in [2.45, 2.75) is 19.0 Å². The molecule has 4 heterocycles. The number of furan rings is 1. The van der Waals surface area contributed by atoms with Crippen molar-refractivity contribution in [1.29, 1.82) is 0 Å². The number of fused-ring (bicyclic) bond motifs is 2. The molecule has 11 heteroatoms. The monoisotopic (exact) mass is 442 g/mol. The first-order chi connectivity index (χ1) is 15.2. The molecule has 2 N–H and O–H groups in total. The minimum Gasteiger partial charge on any atom is -0.494 e. The van der Waals surface area contributed by atoms with Crippen LogP contribution in [0.2, 0.25) is 0 Å². The lowest BCUT2D eigenvalue weighted by Crippen LogP contribution is -2.52. The molecule has 5 rings (SSSR count). The number of aryl methyl sites for hydroxylation is 1. The number of halogens is 2. The smallest absolute Gasteiger partial charge is 0.322 e. The van der Waals surface area contributed by atoms with Crippen LogP contribution in [-0.4, -0.2) is 41.4 Å². The van der Waals surface area contributed by atoms with E-state index in [0.29, 0.717) is 5.56 Å². The average molecular weight is 442 g/mol. The number of pyridine rings is 1. The number of nitrogens with zero attached hydrogens (tertiary/aromatic N) is 2. The number of carbonyl (C=O) groups is 3. The molecule has 9 nitrogen and oxygen atoms in total. The van der Waals surface area contributed by atoms with Gasteiger partial charge in [0.05, 0.1) is 24.9 Å². The van der Waals surface area contributed by atoms with Crippen molar-refractivity contribution in [3.05, 3.63) is 58.5 Å². The number of benzene rings is 1. The minimum atomic E-state index is -1.81. The van der Waals surface area contributed by atoms with Gasteiger partial charge in [-0.15, -0.1) is 0 Å². The zero-order chi connectivity index (χ0) is 22.8. The first-order valence-electron chi connectivity index (χ1n) is 9.59. The highest BCUT2D eigenvalue weighted by Gasteiger charge is 2.53. The van der Waals surface area contributed by atoms with E-state index in [2.05, 4.69) is 15.6 Å². The van der Waals surface area contributed by atoms with Crippen LogP contribution in [0.15, 0.2) is 28.7 Å². The van der Waals surface area contributed by atoms with E-state index in [0.717, 1.165) is 6.07 Å². The summed E-state index contributed by atoms with van der Waals surface area (Å²) in [5, 5.41) is 4.65. The lowest BCUT2D eigenvalue weighted by molar-refractivity contribution is -0.125. The van der Waals surface area contributed by atoms with Gasteiger partial charge in [-0.25, -0.2) is 18.6 Å². The Morgan fingerprint density at radius 1 is 1.25 bits per heavy atom. The fourth-order valence-corrected chi connectivity index (χ4v) is 4.07. The number of imide groups is 1. The summed E-state index contributed by atoms with van der Waals surface area (Å²) in [5.74, 6) is -2.94. The highest BCUT2D eigenvalue weighted by molar-refractivity contribution is 6.08. The van der Waals surface area contributed by atoms with Crippen LogP contribution in [0.5, 0.6) is 5.75 Å². The summed E-state index contributed by atoms with van der Waals surface area (Å²) in [6.07, 6.45) is 0. The standard InChI is InChI=1S/C21H16F2N4O5/c1-9-11(22)5-14-12(24-9)6-15(32-14)21(19(29)25-20(30)26-21)8-27-7-10-3-4-13(31-2)17(23)16(10)18(27)28/h3-6H,7-8H2,1-2H3,(H2,25,26,29,30)/t21-/m0/s1. The van der Waals surface area contributed by atoms with E-state index in [-0.39, 0.29) is 47.0 Å². The van der Waals surface area contributed by atoms with Crippen molar-refractivity contribution in [1.82, 2.24) is 20.5 Å². The molecule has 2 aromatic heterocycles. The molecule has 32 heavy (non-hydrogen) atoms. The Hall–Kier alpha value is -4.02. The molecule has 0 bridgehead atoms. The van der Waals surface area contributed by atoms with E-state index in [1.807, 2.05) is 0 Å². The summed E-state index contributed by atoms with van der Waals surface area (Å²) >= 11 is 0. The maximum absolute atomic E-state index is 14.7. The summed E-state index contributed by atoms with van der Waals surface area (Å²) in [7, 11) is 1.29. The number of nitrogens with one attached hydrogen (secondary N) is 2. The highest BCUT2D eigenvalue weighted by atomic mass is 19.1. The number of hydrogen-bond acceptors (Lipinski definition) is 6. The van der Waals surface area contributed by atoms with Gasteiger partial charge in [-0.05, 0) is 18.6 Å². The average Bonchev–Trinajstić information content (AvgIpc) is 3.38. The lowest BCUT2D eigenvalue weighted by atomic mass is 9.95. The minimum absolute atomic E-state index is 0.00615. The second-order valence-corrected chi connectivity index (χ2v) is 7.64. The molecule has 1 saturated heterocycles. The number of methoxy groups -OCH3 is 1. The third-order valence-electron chi connectivity index (χ3n) is 5.70. The molecule has 0 spiro atoms. The Morgan fingerprint density at radius 2 is 2.03 bits per heavy atom. The highest BCUT2D eigenvalue weighted by Crippen LogP contribution is 2.36. The molecule has 2 aliphatic rings. The molecule has 3 aromatic rings. The quantitative estimate of drug-likeness (QED) is 0.599. The van der Waals surface area contributed by atoms with E-state index < -0.39 is 35.0 Å². The van der Waals surface area contributed by atoms with Crippen LogP contribution >= 0.6 is 0 Å². The molecule has 1 fully saturated rings. The van der Waals surface area contributed by atoms with Crippen molar-refractivity contribution in [2.75, 3.05) is 13.7 Å². The number of hydrogen-bond donors (Lipinski definition) is 2. The fourth-order valence-electron chi connectivity index (χ4n) is 4.07. The van der Waals surface area contributed by atoms with Crippen molar-refractivity contribution in [3.63, 3.8) is 0 Å². The van der Waals surface area contributed by atoms with Crippen LogP contribution in [0, 0.1) is 18.6 Å². The largest absolute Gasteiger partial charge is 0.494 e. The molecule has 0 aliphatic carbocycles. The molecule has 2 aliphatic heterocycles. The number of rotatable bonds is 4. The second kappa shape index (κ2) is 6.74. The fraction of sp³-hybridized carbons (Fsp3) is 0.238.